The maximum atomic E-state index is 13.3. The van der Waals surface area contributed by atoms with Gasteiger partial charge in [0.2, 0.25) is 0 Å². The summed E-state index contributed by atoms with van der Waals surface area (Å²) in [5, 5.41) is 6.94. The Morgan fingerprint density at radius 2 is 1.90 bits per heavy atom. The Labute approximate surface area is 170 Å². The third kappa shape index (κ3) is 3.00. The first-order chi connectivity index (χ1) is 14.1. The van der Waals surface area contributed by atoms with Crippen LogP contribution in [0.25, 0.3) is 21.7 Å². The van der Waals surface area contributed by atoms with E-state index in [4.69, 9.17) is 5.73 Å². The van der Waals surface area contributed by atoms with E-state index < -0.39 is 0 Å². The highest BCUT2D eigenvalue weighted by Crippen LogP contribution is 2.48. The van der Waals surface area contributed by atoms with Gasteiger partial charge in [-0.2, -0.15) is 0 Å². The van der Waals surface area contributed by atoms with Crippen molar-refractivity contribution < 1.29 is 4.79 Å². The lowest BCUT2D eigenvalue weighted by Crippen LogP contribution is -2.35. The van der Waals surface area contributed by atoms with Crippen molar-refractivity contribution in [3.63, 3.8) is 0 Å². The van der Waals surface area contributed by atoms with Crippen LogP contribution in [-0.4, -0.2) is 17.4 Å². The van der Waals surface area contributed by atoms with Crippen LogP contribution in [0.1, 0.15) is 39.9 Å². The van der Waals surface area contributed by atoms with Crippen LogP contribution in [0.2, 0.25) is 0 Å². The van der Waals surface area contributed by atoms with Gasteiger partial charge in [-0.25, -0.2) is 0 Å². The molecule has 4 heteroatoms. The van der Waals surface area contributed by atoms with Gasteiger partial charge in [-0.05, 0) is 72.3 Å². The first kappa shape index (κ1) is 18.0. The summed E-state index contributed by atoms with van der Waals surface area (Å²) in [5.41, 5.74) is 10.6. The molecular weight excluding hydrogens is 358 g/mol. The second-order valence-corrected chi connectivity index (χ2v) is 8.13. The normalized spacial score (nSPS) is 15.0. The standard InChI is InChI=1S/C25H25N3O/c1-16-13-21-18(9-12-26)15-27-23(21)14-20(16)24(29)28-25(10-11-25)22-8-4-6-17-5-2-3-7-19(17)22/h2-8,13-15,27H,9-12,26H2,1H3,(H,28,29). The van der Waals surface area contributed by atoms with Crippen LogP contribution in [0.5, 0.6) is 0 Å². The third-order valence-electron chi connectivity index (χ3n) is 6.18. The van der Waals surface area contributed by atoms with E-state index in [0.717, 1.165) is 41.3 Å². The number of benzene rings is 3. The summed E-state index contributed by atoms with van der Waals surface area (Å²) in [6.45, 7) is 2.62. The number of carbonyl (C=O) groups excluding carboxylic acids is 1. The zero-order valence-corrected chi connectivity index (χ0v) is 16.6. The molecule has 3 aromatic carbocycles. The molecule has 0 aliphatic heterocycles. The van der Waals surface area contributed by atoms with Crippen molar-refractivity contribution in [2.24, 2.45) is 5.73 Å². The molecule has 1 saturated carbocycles. The van der Waals surface area contributed by atoms with Crippen LogP contribution in [0.3, 0.4) is 0 Å². The molecule has 5 rings (SSSR count). The fourth-order valence-corrected chi connectivity index (χ4v) is 4.46. The summed E-state index contributed by atoms with van der Waals surface area (Å²) >= 11 is 0. The van der Waals surface area contributed by atoms with Crippen molar-refractivity contribution in [3.8, 4) is 0 Å². The second kappa shape index (κ2) is 6.75. The molecule has 0 saturated heterocycles. The molecule has 0 radical (unpaired) electrons. The highest BCUT2D eigenvalue weighted by Gasteiger charge is 2.46. The van der Waals surface area contributed by atoms with Crippen molar-refractivity contribution in [1.82, 2.24) is 10.3 Å². The SMILES string of the molecule is Cc1cc2c(CCN)c[nH]c2cc1C(=O)NC1(c2cccc3ccccc23)CC1. The zero-order chi connectivity index (χ0) is 20.0. The number of fused-ring (bicyclic) bond motifs is 2. The number of amides is 1. The molecule has 1 amide bonds. The van der Waals surface area contributed by atoms with E-state index in [2.05, 4.69) is 58.8 Å². The number of carbonyl (C=O) groups is 1. The molecule has 146 valence electrons. The van der Waals surface area contributed by atoms with Gasteiger partial charge in [-0.1, -0.05) is 42.5 Å². The van der Waals surface area contributed by atoms with E-state index in [1.165, 1.54) is 21.9 Å². The number of hydrogen-bond acceptors (Lipinski definition) is 2. The maximum absolute atomic E-state index is 13.3. The van der Waals surface area contributed by atoms with Gasteiger partial charge in [-0.3, -0.25) is 4.79 Å². The van der Waals surface area contributed by atoms with Gasteiger partial charge in [0.15, 0.2) is 0 Å². The Morgan fingerprint density at radius 3 is 2.69 bits per heavy atom. The van der Waals surface area contributed by atoms with Crippen LogP contribution < -0.4 is 11.1 Å². The van der Waals surface area contributed by atoms with Crippen molar-refractivity contribution in [2.75, 3.05) is 6.54 Å². The molecule has 1 aliphatic rings. The zero-order valence-electron chi connectivity index (χ0n) is 16.6. The quantitative estimate of drug-likeness (QED) is 0.473. The molecule has 0 bridgehead atoms. The first-order valence-electron chi connectivity index (χ1n) is 10.2. The summed E-state index contributed by atoms with van der Waals surface area (Å²) in [6, 6.07) is 18.8. The van der Waals surface area contributed by atoms with Gasteiger partial charge in [0.05, 0.1) is 5.54 Å². The average molecular weight is 383 g/mol. The summed E-state index contributed by atoms with van der Waals surface area (Å²) in [4.78, 5) is 16.6. The van der Waals surface area contributed by atoms with Crippen LogP contribution >= 0.6 is 0 Å². The van der Waals surface area contributed by atoms with E-state index >= 15 is 0 Å². The van der Waals surface area contributed by atoms with Crippen molar-refractivity contribution >= 4 is 27.6 Å². The van der Waals surface area contributed by atoms with E-state index in [0.29, 0.717) is 6.54 Å². The van der Waals surface area contributed by atoms with Crippen LogP contribution in [0.15, 0.2) is 60.8 Å². The van der Waals surface area contributed by atoms with Crippen LogP contribution in [0, 0.1) is 6.92 Å². The van der Waals surface area contributed by atoms with E-state index in [-0.39, 0.29) is 11.4 Å². The largest absolute Gasteiger partial charge is 0.361 e. The first-order valence-corrected chi connectivity index (χ1v) is 10.2. The molecule has 4 N–H and O–H groups in total. The van der Waals surface area contributed by atoms with Crippen molar-refractivity contribution in [1.29, 1.82) is 0 Å². The molecule has 4 aromatic rings. The van der Waals surface area contributed by atoms with Gasteiger partial charge >= 0.3 is 0 Å². The molecule has 1 aromatic heterocycles. The molecular formula is C25H25N3O. The fourth-order valence-electron chi connectivity index (χ4n) is 4.46. The minimum absolute atomic E-state index is 0.00944. The second-order valence-electron chi connectivity index (χ2n) is 8.13. The van der Waals surface area contributed by atoms with Gasteiger partial charge < -0.3 is 16.0 Å². The number of aryl methyl sites for hydroxylation is 1. The molecule has 29 heavy (non-hydrogen) atoms. The number of rotatable bonds is 5. The minimum Gasteiger partial charge on any atom is -0.361 e. The highest BCUT2D eigenvalue weighted by molar-refractivity contribution is 6.01. The lowest BCUT2D eigenvalue weighted by Gasteiger charge is -2.21. The van der Waals surface area contributed by atoms with Gasteiger partial charge in [0.25, 0.3) is 5.91 Å². The predicted octanol–water partition coefficient (Wildman–Crippen LogP) is 4.55. The average Bonchev–Trinajstić information content (AvgIpc) is 3.41. The molecule has 1 fully saturated rings. The topological polar surface area (TPSA) is 70.9 Å². The number of nitrogens with two attached hydrogens (primary N) is 1. The number of hydrogen-bond donors (Lipinski definition) is 3. The smallest absolute Gasteiger partial charge is 0.252 e. The molecule has 4 nitrogen and oxygen atoms in total. The number of H-pyrrole nitrogens is 1. The van der Waals surface area contributed by atoms with Crippen molar-refractivity contribution in [3.05, 3.63) is 83.0 Å². The third-order valence-corrected chi connectivity index (χ3v) is 6.18. The number of nitrogens with one attached hydrogen (secondary N) is 2. The van der Waals surface area contributed by atoms with E-state index in [1.54, 1.807) is 0 Å². The Kier molecular flexibility index (Phi) is 4.18. The predicted molar refractivity (Wildman–Crippen MR) is 118 cm³/mol. The molecule has 0 unspecified atom stereocenters. The Hall–Kier alpha value is -3.11. The summed E-state index contributed by atoms with van der Waals surface area (Å²) in [7, 11) is 0. The van der Waals surface area contributed by atoms with Gasteiger partial charge in [-0.15, -0.1) is 0 Å². The molecule has 1 aliphatic carbocycles. The Balaban J connectivity index is 1.49. The lowest BCUT2D eigenvalue weighted by atomic mass is 9.96. The summed E-state index contributed by atoms with van der Waals surface area (Å²) in [5.74, 6) is -0.00944. The Morgan fingerprint density at radius 1 is 1.10 bits per heavy atom. The van der Waals surface area contributed by atoms with Crippen LogP contribution in [0.4, 0.5) is 0 Å². The number of aromatic nitrogens is 1. The molecule has 1 heterocycles. The number of aromatic amines is 1. The van der Waals surface area contributed by atoms with Crippen molar-refractivity contribution in [2.45, 2.75) is 31.7 Å². The summed E-state index contributed by atoms with van der Waals surface area (Å²) in [6.07, 6.45) is 4.76. The summed E-state index contributed by atoms with van der Waals surface area (Å²) < 4.78 is 0. The maximum Gasteiger partial charge on any atom is 0.252 e. The lowest BCUT2D eigenvalue weighted by molar-refractivity contribution is 0.0930. The molecule has 0 spiro atoms. The van der Waals surface area contributed by atoms with E-state index in [9.17, 15) is 4.79 Å². The minimum atomic E-state index is -0.264. The van der Waals surface area contributed by atoms with E-state index in [1.807, 2.05) is 19.2 Å². The van der Waals surface area contributed by atoms with Gasteiger partial charge in [0, 0.05) is 22.7 Å². The highest BCUT2D eigenvalue weighted by atomic mass is 16.1. The van der Waals surface area contributed by atoms with Crippen LogP contribution in [-0.2, 0) is 12.0 Å². The molecule has 0 atom stereocenters. The Bertz CT molecular complexity index is 1230. The monoisotopic (exact) mass is 383 g/mol. The fraction of sp³-hybridized carbons (Fsp3) is 0.240. The van der Waals surface area contributed by atoms with Gasteiger partial charge in [0.1, 0.15) is 0 Å².